The molecule has 1 N–H and O–H groups in total. The van der Waals surface area contributed by atoms with Gasteiger partial charge in [-0.05, 0) is 20.8 Å². The molecule has 0 aliphatic carbocycles. The van der Waals surface area contributed by atoms with Gasteiger partial charge in [-0.2, -0.15) is 4.31 Å². The van der Waals surface area contributed by atoms with Crippen LogP contribution in [0.15, 0.2) is 11.2 Å². The monoisotopic (exact) mass is 300 g/mol. The zero-order chi connectivity index (χ0) is 15.1. The van der Waals surface area contributed by atoms with Gasteiger partial charge < -0.3 is 4.57 Å². The lowest BCUT2D eigenvalue weighted by atomic mass is 10.2. The summed E-state index contributed by atoms with van der Waals surface area (Å²) in [5, 5.41) is 1.95. The number of amides is 2. The maximum absolute atomic E-state index is 12.5. The van der Waals surface area contributed by atoms with E-state index in [2.05, 4.69) is 10.3 Å². The van der Waals surface area contributed by atoms with Crippen LogP contribution in [-0.2, 0) is 26.2 Å². The van der Waals surface area contributed by atoms with E-state index in [1.54, 1.807) is 11.5 Å². The highest BCUT2D eigenvalue weighted by Crippen LogP contribution is 2.19. The smallest absolute Gasteiger partial charge is 0.263 e. The Labute approximate surface area is 116 Å². The standard InChI is InChI=1S/C11H16N4O4S/c1-4-14-6-10(12-8(14)3)20(18,19)15-5-9(16)13-11(17)7(15)2/h6-7H,4-5H2,1-3H3,(H,13,16,17). The Bertz CT molecular complexity index is 664. The second-order valence-electron chi connectivity index (χ2n) is 4.55. The number of rotatable bonds is 3. The van der Waals surface area contributed by atoms with Crippen molar-refractivity contribution >= 4 is 21.8 Å². The van der Waals surface area contributed by atoms with Crippen molar-refractivity contribution in [1.29, 1.82) is 0 Å². The Balaban J connectivity index is 2.43. The molecule has 2 heterocycles. The van der Waals surface area contributed by atoms with E-state index < -0.39 is 27.9 Å². The average molecular weight is 300 g/mol. The number of sulfonamides is 1. The highest BCUT2D eigenvalue weighted by molar-refractivity contribution is 7.89. The van der Waals surface area contributed by atoms with Gasteiger partial charge in [-0.3, -0.25) is 14.9 Å². The number of carbonyl (C=O) groups is 2. The van der Waals surface area contributed by atoms with Gasteiger partial charge in [-0.15, -0.1) is 0 Å². The van der Waals surface area contributed by atoms with E-state index in [0.717, 1.165) is 4.31 Å². The molecular weight excluding hydrogens is 284 g/mol. The molecular formula is C11H16N4O4S. The third-order valence-corrected chi connectivity index (χ3v) is 5.03. The number of aromatic nitrogens is 2. The number of carbonyl (C=O) groups excluding carboxylic acids is 2. The Morgan fingerprint density at radius 1 is 1.45 bits per heavy atom. The number of imidazole rings is 1. The molecule has 0 radical (unpaired) electrons. The molecule has 0 bridgehead atoms. The summed E-state index contributed by atoms with van der Waals surface area (Å²) in [6, 6.07) is -0.940. The minimum atomic E-state index is -3.97. The van der Waals surface area contributed by atoms with Crippen molar-refractivity contribution < 1.29 is 18.0 Å². The molecule has 1 aliphatic rings. The number of piperazine rings is 1. The molecule has 0 aromatic carbocycles. The summed E-state index contributed by atoms with van der Waals surface area (Å²) in [7, 11) is -3.97. The van der Waals surface area contributed by atoms with Gasteiger partial charge in [0.05, 0.1) is 6.54 Å². The van der Waals surface area contributed by atoms with Crippen LogP contribution in [0.25, 0.3) is 0 Å². The Kier molecular flexibility index (Phi) is 3.65. The molecule has 1 saturated heterocycles. The van der Waals surface area contributed by atoms with Crippen molar-refractivity contribution in [2.75, 3.05) is 6.54 Å². The summed E-state index contributed by atoms with van der Waals surface area (Å²) in [6.45, 7) is 5.20. The third-order valence-electron chi connectivity index (χ3n) is 3.24. The van der Waals surface area contributed by atoms with E-state index in [4.69, 9.17) is 0 Å². The van der Waals surface area contributed by atoms with Gasteiger partial charge >= 0.3 is 0 Å². The van der Waals surface area contributed by atoms with Crippen LogP contribution in [0.4, 0.5) is 0 Å². The fourth-order valence-electron chi connectivity index (χ4n) is 2.03. The van der Waals surface area contributed by atoms with Gasteiger partial charge in [-0.1, -0.05) is 0 Å². The van der Waals surface area contributed by atoms with Crippen LogP contribution in [0.3, 0.4) is 0 Å². The minimum absolute atomic E-state index is 0.147. The highest BCUT2D eigenvalue weighted by Gasteiger charge is 2.40. The third kappa shape index (κ3) is 2.34. The molecule has 0 spiro atoms. The van der Waals surface area contributed by atoms with Crippen LogP contribution in [0.1, 0.15) is 19.7 Å². The topological polar surface area (TPSA) is 101 Å². The molecule has 2 rings (SSSR count). The molecule has 1 fully saturated rings. The highest BCUT2D eigenvalue weighted by atomic mass is 32.2. The number of hydrogen-bond acceptors (Lipinski definition) is 5. The fraction of sp³-hybridized carbons (Fsp3) is 0.545. The van der Waals surface area contributed by atoms with Crippen molar-refractivity contribution in [3.8, 4) is 0 Å². The van der Waals surface area contributed by atoms with Crippen molar-refractivity contribution in [3.63, 3.8) is 0 Å². The van der Waals surface area contributed by atoms with E-state index in [9.17, 15) is 18.0 Å². The summed E-state index contributed by atoms with van der Waals surface area (Å²) in [6.07, 6.45) is 1.41. The van der Waals surface area contributed by atoms with Crippen LogP contribution in [0.5, 0.6) is 0 Å². The molecule has 1 aromatic heterocycles. The van der Waals surface area contributed by atoms with Gasteiger partial charge in [0, 0.05) is 12.7 Å². The van der Waals surface area contributed by atoms with Gasteiger partial charge in [0.1, 0.15) is 11.9 Å². The Hall–Kier alpha value is -1.74. The molecule has 2 amide bonds. The van der Waals surface area contributed by atoms with Crippen LogP contribution in [0.2, 0.25) is 0 Å². The van der Waals surface area contributed by atoms with Gasteiger partial charge in [0.2, 0.25) is 11.8 Å². The number of nitrogens with zero attached hydrogens (tertiary/aromatic N) is 3. The van der Waals surface area contributed by atoms with Crippen LogP contribution >= 0.6 is 0 Å². The number of aryl methyl sites for hydroxylation is 2. The fourth-order valence-corrected chi connectivity index (χ4v) is 3.58. The molecule has 110 valence electrons. The predicted octanol–water partition coefficient (Wildman–Crippen LogP) is -0.753. The summed E-state index contributed by atoms with van der Waals surface area (Å²) < 4.78 is 27.5. The maximum Gasteiger partial charge on any atom is 0.263 e. The normalized spacial score (nSPS) is 21.1. The average Bonchev–Trinajstić information content (AvgIpc) is 2.75. The summed E-state index contributed by atoms with van der Waals surface area (Å²) in [5.74, 6) is -0.702. The number of nitrogens with one attached hydrogen (secondary N) is 1. The van der Waals surface area contributed by atoms with E-state index in [1.165, 1.54) is 13.1 Å². The number of hydrogen-bond donors (Lipinski definition) is 1. The first-order valence-corrected chi connectivity index (χ1v) is 7.60. The summed E-state index contributed by atoms with van der Waals surface area (Å²) >= 11 is 0. The lowest BCUT2D eigenvalue weighted by molar-refractivity contribution is -0.136. The zero-order valence-electron chi connectivity index (χ0n) is 11.5. The van der Waals surface area contributed by atoms with E-state index in [1.807, 2.05) is 6.92 Å². The first-order valence-electron chi connectivity index (χ1n) is 6.16. The SMILES string of the molecule is CCn1cc(S(=O)(=O)N2CC(=O)NC(=O)C2C)nc1C. The van der Waals surface area contributed by atoms with Gasteiger partial charge in [-0.25, -0.2) is 13.4 Å². The zero-order valence-corrected chi connectivity index (χ0v) is 12.3. The molecule has 1 aromatic rings. The van der Waals surface area contributed by atoms with Gasteiger partial charge in [0.15, 0.2) is 5.03 Å². The van der Waals surface area contributed by atoms with Crippen LogP contribution < -0.4 is 5.32 Å². The lowest BCUT2D eigenvalue weighted by Crippen LogP contribution is -2.58. The van der Waals surface area contributed by atoms with E-state index in [0.29, 0.717) is 12.4 Å². The predicted molar refractivity (Wildman–Crippen MR) is 69.1 cm³/mol. The largest absolute Gasteiger partial charge is 0.334 e. The second-order valence-corrected chi connectivity index (χ2v) is 6.39. The lowest BCUT2D eigenvalue weighted by Gasteiger charge is -2.29. The van der Waals surface area contributed by atoms with Crippen molar-refractivity contribution in [1.82, 2.24) is 19.2 Å². The first-order chi connectivity index (χ1) is 9.27. The van der Waals surface area contributed by atoms with E-state index >= 15 is 0 Å². The molecule has 1 aliphatic heterocycles. The quantitative estimate of drug-likeness (QED) is 0.740. The minimum Gasteiger partial charge on any atom is -0.334 e. The first kappa shape index (κ1) is 14.7. The van der Waals surface area contributed by atoms with E-state index in [-0.39, 0.29) is 11.6 Å². The van der Waals surface area contributed by atoms with Crippen LogP contribution in [0, 0.1) is 6.92 Å². The molecule has 20 heavy (non-hydrogen) atoms. The molecule has 8 nitrogen and oxygen atoms in total. The summed E-state index contributed by atoms with van der Waals surface area (Å²) in [5.41, 5.74) is 0. The Morgan fingerprint density at radius 3 is 2.65 bits per heavy atom. The molecule has 1 unspecified atom stereocenters. The molecule has 1 atom stereocenters. The van der Waals surface area contributed by atoms with Gasteiger partial charge in [0.25, 0.3) is 10.0 Å². The molecule has 0 saturated carbocycles. The maximum atomic E-state index is 12.5. The van der Waals surface area contributed by atoms with Crippen molar-refractivity contribution in [2.24, 2.45) is 0 Å². The van der Waals surface area contributed by atoms with Crippen molar-refractivity contribution in [3.05, 3.63) is 12.0 Å². The summed E-state index contributed by atoms with van der Waals surface area (Å²) in [4.78, 5) is 26.9. The Morgan fingerprint density at radius 2 is 2.10 bits per heavy atom. The number of imide groups is 1. The molecule has 9 heteroatoms. The van der Waals surface area contributed by atoms with Crippen molar-refractivity contribution in [2.45, 2.75) is 38.4 Å². The van der Waals surface area contributed by atoms with Crippen LogP contribution in [-0.4, -0.2) is 46.7 Å². The second kappa shape index (κ2) is 4.98.